The first kappa shape index (κ1) is 22.3. The zero-order chi connectivity index (χ0) is 27.4. The predicted molar refractivity (Wildman–Crippen MR) is 175 cm³/mol. The van der Waals surface area contributed by atoms with E-state index in [0.717, 1.165) is 28.5 Å². The van der Waals surface area contributed by atoms with Crippen LogP contribution in [-0.4, -0.2) is 0 Å². The zero-order valence-electron chi connectivity index (χ0n) is 22.8. The highest BCUT2D eigenvalue weighted by Crippen LogP contribution is 2.50. The average molecular weight is 533 g/mol. The van der Waals surface area contributed by atoms with Crippen molar-refractivity contribution in [2.45, 2.75) is 6.42 Å². The topological polar surface area (TPSA) is 13.1 Å². The molecule has 0 amide bonds. The summed E-state index contributed by atoms with van der Waals surface area (Å²) in [4.78, 5) is 0. The molecular formula is C41H24O. The zero-order valence-corrected chi connectivity index (χ0v) is 22.8. The molecular weight excluding hydrogens is 508 g/mol. The van der Waals surface area contributed by atoms with Crippen LogP contribution >= 0.6 is 0 Å². The van der Waals surface area contributed by atoms with E-state index in [2.05, 4.69) is 133 Å². The van der Waals surface area contributed by atoms with Crippen molar-refractivity contribution >= 4 is 32.7 Å². The van der Waals surface area contributed by atoms with Crippen LogP contribution in [0.2, 0.25) is 0 Å². The van der Waals surface area contributed by atoms with E-state index in [4.69, 9.17) is 4.42 Å². The quantitative estimate of drug-likeness (QED) is 0.216. The van der Waals surface area contributed by atoms with E-state index in [1.165, 1.54) is 77.4 Å². The number of fused-ring (bicyclic) bond motifs is 9. The number of benzene rings is 7. The molecule has 0 saturated carbocycles. The summed E-state index contributed by atoms with van der Waals surface area (Å²) in [5, 5.41) is 4.95. The van der Waals surface area contributed by atoms with Gasteiger partial charge in [0.05, 0.1) is 0 Å². The van der Waals surface area contributed by atoms with E-state index in [0.29, 0.717) is 0 Å². The van der Waals surface area contributed by atoms with Gasteiger partial charge in [0, 0.05) is 16.3 Å². The Labute approximate surface area is 243 Å². The third-order valence-corrected chi connectivity index (χ3v) is 9.47. The maximum Gasteiger partial charge on any atom is 0.143 e. The van der Waals surface area contributed by atoms with Gasteiger partial charge in [-0.15, -0.1) is 0 Å². The van der Waals surface area contributed by atoms with Crippen molar-refractivity contribution in [3.63, 3.8) is 0 Å². The lowest BCUT2D eigenvalue weighted by molar-refractivity contribution is 0.670. The molecule has 0 bridgehead atoms. The number of para-hydroxylation sites is 1. The summed E-state index contributed by atoms with van der Waals surface area (Å²) < 4.78 is 6.73. The largest absolute Gasteiger partial charge is 0.455 e. The Morgan fingerprint density at radius 2 is 1.00 bits per heavy atom. The first-order valence-electron chi connectivity index (χ1n) is 14.7. The molecule has 1 aromatic heterocycles. The van der Waals surface area contributed by atoms with Gasteiger partial charge in [0.1, 0.15) is 11.2 Å². The summed E-state index contributed by atoms with van der Waals surface area (Å²) in [6.45, 7) is 0. The molecule has 8 aromatic rings. The Balaban J connectivity index is 1.19. The number of hydrogen-bond donors (Lipinski definition) is 0. The first-order chi connectivity index (χ1) is 20.8. The molecule has 0 atom stereocenters. The van der Waals surface area contributed by atoms with E-state index in [9.17, 15) is 0 Å². The fourth-order valence-corrected chi connectivity index (χ4v) is 7.66. The molecule has 0 fully saturated rings. The Morgan fingerprint density at radius 3 is 1.88 bits per heavy atom. The van der Waals surface area contributed by atoms with Gasteiger partial charge in [-0.25, -0.2) is 0 Å². The van der Waals surface area contributed by atoms with Crippen molar-refractivity contribution in [1.82, 2.24) is 0 Å². The molecule has 1 heterocycles. The molecule has 0 spiro atoms. The van der Waals surface area contributed by atoms with E-state index in [1.807, 2.05) is 0 Å². The van der Waals surface area contributed by atoms with Crippen LogP contribution in [0.5, 0.6) is 0 Å². The van der Waals surface area contributed by atoms with E-state index in [1.54, 1.807) is 0 Å². The second-order valence-corrected chi connectivity index (χ2v) is 11.6. The normalized spacial score (nSPS) is 12.7. The molecule has 194 valence electrons. The van der Waals surface area contributed by atoms with Crippen LogP contribution in [0.1, 0.15) is 11.1 Å². The molecule has 7 aromatic carbocycles. The van der Waals surface area contributed by atoms with Gasteiger partial charge in [-0.1, -0.05) is 127 Å². The third kappa shape index (κ3) is 2.87. The van der Waals surface area contributed by atoms with Crippen molar-refractivity contribution in [2.24, 2.45) is 0 Å². The van der Waals surface area contributed by atoms with Crippen LogP contribution in [-0.2, 0) is 6.42 Å². The molecule has 1 nitrogen and oxygen atoms in total. The molecule has 0 saturated heterocycles. The second-order valence-electron chi connectivity index (χ2n) is 11.6. The Bertz CT molecular complexity index is 2410. The molecule has 2 aliphatic carbocycles. The monoisotopic (exact) mass is 532 g/mol. The smallest absolute Gasteiger partial charge is 0.143 e. The maximum atomic E-state index is 6.73. The molecule has 42 heavy (non-hydrogen) atoms. The van der Waals surface area contributed by atoms with Gasteiger partial charge in [0.15, 0.2) is 0 Å². The van der Waals surface area contributed by atoms with Gasteiger partial charge >= 0.3 is 0 Å². The lowest BCUT2D eigenvalue weighted by atomic mass is 9.92. The molecule has 10 rings (SSSR count). The van der Waals surface area contributed by atoms with Crippen molar-refractivity contribution in [2.75, 3.05) is 0 Å². The summed E-state index contributed by atoms with van der Waals surface area (Å²) in [5.41, 5.74) is 17.5. The van der Waals surface area contributed by atoms with E-state index in [-0.39, 0.29) is 0 Å². The van der Waals surface area contributed by atoms with Gasteiger partial charge in [-0.2, -0.15) is 0 Å². The molecule has 1 heteroatoms. The minimum absolute atomic E-state index is 0.928. The van der Waals surface area contributed by atoms with Crippen LogP contribution in [0.4, 0.5) is 0 Å². The summed E-state index contributed by atoms with van der Waals surface area (Å²) in [6, 6.07) is 48.8. The number of hydrogen-bond acceptors (Lipinski definition) is 1. The van der Waals surface area contributed by atoms with Crippen LogP contribution in [0, 0.1) is 0 Å². The summed E-state index contributed by atoms with van der Waals surface area (Å²) in [6.07, 6.45) is 0.987. The molecule has 0 aliphatic heterocycles. The number of furan rings is 1. The van der Waals surface area contributed by atoms with Crippen molar-refractivity contribution < 1.29 is 4.42 Å². The summed E-state index contributed by atoms with van der Waals surface area (Å²) in [7, 11) is 0. The second kappa shape index (κ2) is 8.09. The van der Waals surface area contributed by atoms with Crippen LogP contribution in [0.15, 0.2) is 138 Å². The minimum Gasteiger partial charge on any atom is -0.455 e. The van der Waals surface area contributed by atoms with E-state index < -0.39 is 0 Å². The van der Waals surface area contributed by atoms with E-state index >= 15 is 0 Å². The Hall–Kier alpha value is -5.40. The third-order valence-electron chi connectivity index (χ3n) is 9.47. The highest BCUT2D eigenvalue weighted by atomic mass is 16.3. The lowest BCUT2D eigenvalue weighted by Gasteiger charge is -2.10. The van der Waals surface area contributed by atoms with Gasteiger partial charge in [0.2, 0.25) is 0 Å². The SMILES string of the molecule is c1ccc2c(c1)Cc1cc(-c3cccc4oc5c(-c6ccc7c8c(cccc68)-c6ccccc6-7)cccc5c34)ccc1-2. The number of rotatable bonds is 2. The van der Waals surface area contributed by atoms with Crippen molar-refractivity contribution in [3.8, 4) is 55.6 Å². The molecule has 2 aliphatic rings. The van der Waals surface area contributed by atoms with Crippen molar-refractivity contribution in [1.29, 1.82) is 0 Å². The Kier molecular flexibility index (Phi) is 4.29. The molecule has 0 radical (unpaired) electrons. The summed E-state index contributed by atoms with van der Waals surface area (Å²) >= 11 is 0. The lowest BCUT2D eigenvalue weighted by Crippen LogP contribution is -1.85. The molecule has 0 N–H and O–H groups in total. The van der Waals surface area contributed by atoms with Crippen LogP contribution in [0.3, 0.4) is 0 Å². The minimum atomic E-state index is 0.928. The summed E-state index contributed by atoms with van der Waals surface area (Å²) in [5.74, 6) is 0. The van der Waals surface area contributed by atoms with Crippen molar-refractivity contribution in [3.05, 3.63) is 145 Å². The van der Waals surface area contributed by atoms with Gasteiger partial charge in [-0.3, -0.25) is 0 Å². The van der Waals surface area contributed by atoms with Gasteiger partial charge < -0.3 is 4.42 Å². The Morgan fingerprint density at radius 1 is 0.381 bits per heavy atom. The van der Waals surface area contributed by atoms with Crippen LogP contribution in [0.25, 0.3) is 88.3 Å². The highest BCUT2D eigenvalue weighted by Gasteiger charge is 2.24. The maximum absolute atomic E-state index is 6.73. The molecule has 0 unspecified atom stereocenters. The van der Waals surface area contributed by atoms with Gasteiger partial charge in [-0.05, 0) is 84.5 Å². The van der Waals surface area contributed by atoms with Crippen LogP contribution < -0.4 is 0 Å². The highest BCUT2D eigenvalue weighted by molar-refractivity contribution is 6.21. The van der Waals surface area contributed by atoms with Gasteiger partial charge in [0.25, 0.3) is 0 Å². The standard InChI is InChI=1S/C41H24O/c1-2-9-27-24(8-1)22-26-23-25(18-19-28(26)27)29-12-7-17-38-40(29)37-16-6-15-36(41(37)42-38)32-20-21-35-31-11-4-3-10-30(31)33-13-5-14-34(32)39(33)35/h1-21,23H,22H2. The fourth-order valence-electron chi connectivity index (χ4n) is 7.66. The average Bonchev–Trinajstić information content (AvgIpc) is 3.72. The first-order valence-corrected chi connectivity index (χ1v) is 14.7. The predicted octanol–water partition coefficient (Wildman–Crippen LogP) is 11.3. The fraction of sp³-hybridized carbons (Fsp3) is 0.0244.